The minimum absolute atomic E-state index is 0.0987. The molecular formula is C11H23N3O. The molecule has 1 amide bonds. The molecule has 0 unspecified atom stereocenters. The minimum atomic E-state index is 0.0987. The number of nitrogens with two attached hydrogens (primary N) is 1. The first-order valence-electron chi connectivity index (χ1n) is 5.95. The van der Waals surface area contributed by atoms with Crippen LogP contribution in [0.3, 0.4) is 0 Å². The Labute approximate surface area is 92.2 Å². The summed E-state index contributed by atoms with van der Waals surface area (Å²) in [5, 5.41) is 2.80. The summed E-state index contributed by atoms with van der Waals surface area (Å²) in [6.45, 7) is 5.75. The van der Waals surface area contributed by atoms with Crippen molar-refractivity contribution < 1.29 is 4.79 Å². The van der Waals surface area contributed by atoms with Crippen molar-refractivity contribution >= 4 is 5.91 Å². The third-order valence-corrected chi connectivity index (χ3v) is 3.02. The summed E-state index contributed by atoms with van der Waals surface area (Å²) in [4.78, 5) is 13.7. The molecule has 4 heteroatoms. The van der Waals surface area contributed by atoms with Gasteiger partial charge in [-0.3, -0.25) is 9.69 Å². The maximum atomic E-state index is 11.5. The van der Waals surface area contributed by atoms with E-state index in [9.17, 15) is 4.79 Å². The highest BCUT2D eigenvalue weighted by Gasteiger charge is 2.20. The van der Waals surface area contributed by atoms with E-state index in [4.69, 9.17) is 5.73 Å². The first kappa shape index (κ1) is 12.5. The lowest BCUT2D eigenvalue weighted by atomic mass is 9.85. The van der Waals surface area contributed by atoms with Gasteiger partial charge < -0.3 is 11.1 Å². The van der Waals surface area contributed by atoms with Crippen LogP contribution in [-0.4, -0.2) is 43.5 Å². The molecule has 3 N–H and O–H groups in total. The second kappa shape index (κ2) is 6.80. The van der Waals surface area contributed by atoms with Crippen molar-refractivity contribution in [3.63, 3.8) is 0 Å². The van der Waals surface area contributed by atoms with Gasteiger partial charge >= 0.3 is 0 Å². The van der Waals surface area contributed by atoms with E-state index in [-0.39, 0.29) is 5.91 Å². The van der Waals surface area contributed by atoms with E-state index < -0.39 is 0 Å². The lowest BCUT2D eigenvalue weighted by Gasteiger charge is -2.31. The molecule has 15 heavy (non-hydrogen) atoms. The molecule has 4 nitrogen and oxygen atoms in total. The van der Waals surface area contributed by atoms with E-state index in [0.29, 0.717) is 19.6 Å². The Morgan fingerprint density at radius 3 is 2.73 bits per heavy atom. The van der Waals surface area contributed by atoms with Gasteiger partial charge in [0.15, 0.2) is 0 Å². The number of carbonyl (C=O) groups is 1. The summed E-state index contributed by atoms with van der Waals surface area (Å²) in [5.74, 6) is 0.925. The molecule has 0 bridgehead atoms. The first-order valence-corrected chi connectivity index (χ1v) is 5.95. The highest BCUT2D eigenvalue weighted by molar-refractivity contribution is 5.77. The highest BCUT2D eigenvalue weighted by atomic mass is 16.2. The molecule has 0 aromatic heterocycles. The van der Waals surface area contributed by atoms with Gasteiger partial charge in [-0.15, -0.1) is 0 Å². The van der Waals surface area contributed by atoms with E-state index in [1.54, 1.807) is 0 Å². The molecule has 88 valence electrons. The normalized spacial score (nSPS) is 16.5. The molecule has 0 heterocycles. The predicted octanol–water partition coefficient (Wildman–Crippen LogP) is 0.183. The van der Waals surface area contributed by atoms with Gasteiger partial charge in [-0.25, -0.2) is 0 Å². The molecule has 0 aromatic rings. The van der Waals surface area contributed by atoms with Crippen LogP contribution in [0, 0.1) is 5.92 Å². The van der Waals surface area contributed by atoms with Gasteiger partial charge in [-0.05, 0) is 25.3 Å². The molecule has 1 aliphatic rings. The number of nitrogens with one attached hydrogen (secondary N) is 1. The second-order valence-corrected chi connectivity index (χ2v) is 4.26. The summed E-state index contributed by atoms with van der Waals surface area (Å²) in [6.07, 6.45) is 4.03. The first-order chi connectivity index (χ1) is 7.26. The van der Waals surface area contributed by atoms with Crippen molar-refractivity contribution in [2.75, 3.05) is 32.7 Å². The average molecular weight is 213 g/mol. The SMILES string of the molecule is CCN(CC(=O)NCCN)CC1CCC1. The van der Waals surface area contributed by atoms with Crippen LogP contribution in [-0.2, 0) is 4.79 Å². The fraction of sp³-hybridized carbons (Fsp3) is 0.909. The standard InChI is InChI=1S/C11H23N3O/c1-2-14(8-10-4-3-5-10)9-11(15)13-7-6-12/h10H,2-9,12H2,1H3,(H,13,15). The van der Waals surface area contributed by atoms with Crippen molar-refractivity contribution in [1.29, 1.82) is 0 Å². The Bertz CT molecular complexity index is 192. The summed E-state index contributed by atoms with van der Waals surface area (Å²) < 4.78 is 0. The van der Waals surface area contributed by atoms with E-state index in [0.717, 1.165) is 19.0 Å². The lowest BCUT2D eigenvalue weighted by molar-refractivity contribution is -0.122. The smallest absolute Gasteiger partial charge is 0.234 e. The van der Waals surface area contributed by atoms with Gasteiger partial charge in [0, 0.05) is 19.6 Å². The second-order valence-electron chi connectivity index (χ2n) is 4.26. The van der Waals surface area contributed by atoms with Crippen LogP contribution < -0.4 is 11.1 Å². The zero-order valence-corrected chi connectivity index (χ0v) is 9.67. The number of nitrogens with zero attached hydrogens (tertiary/aromatic N) is 1. The third-order valence-electron chi connectivity index (χ3n) is 3.02. The summed E-state index contributed by atoms with van der Waals surface area (Å²) >= 11 is 0. The van der Waals surface area contributed by atoms with Crippen LogP contribution >= 0.6 is 0 Å². The topological polar surface area (TPSA) is 58.4 Å². The fourth-order valence-corrected chi connectivity index (χ4v) is 1.82. The van der Waals surface area contributed by atoms with Gasteiger partial charge in [0.1, 0.15) is 0 Å². The Hall–Kier alpha value is -0.610. The number of hydrogen-bond donors (Lipinski definition) is 2. The lowest BCUT2D eigenvalue weighted by Crippen LogP contribution is -2.41. The molecule has 1 fully saturated rings. The molecule has 1 saturated carbocycles. The van der Waals surface area contributed by atoms with Crippen molar-refractivity contribution in [1.82, 2.24) is 10.2 Å². The van der Waals surface area contributed by atoms with Crippen molar-refractivity contribution in [2.45, 2.75) is 26.2 Å². The Morgan fingerprint density at radius 1 is 1.53 bits per heavy atom. The van der Waals surface area contributed by atoms with Gasteiger partial charge in [0.2, 0.25) is 5.91 Å². The molecule has 0 spiro atoms. The molecule has 0 atom stereocenters. The van der Waals surface area contributed by atoms with Crippen LogP contribution in [0.2, 0.25) is 0 Å². The molecule has 0 aromatic carbocycles. The van der Waals surface area contributed by atoms with Crippen LogP contribution in [0.1, 0.15) is 26.2 Å². The van der Waals surface area contributed by atoms with E-state index >= 15 is 0 Å². The summed E-state index contributed by atoms with van der Waals surface area (Å²) in [6, 6.07) is 0. The average Bonchev–Trinajstić information content (AvgIpc) is 2.18. The predicted molar refractivity (Wildman–Crippen MR) is 61.5 cm³/mol. The molecule has 1 rings (SSSR count). The van der Waals surface area contributed by atoms with Crippen molar-refractivity contribution in [3.8, 4) is 0 Å². The maximum absolute atomic E-state index is 11.5. The molecule has 0 aliphatic heterocycles. The van der Waals surface area contributed by atoms with Crippen LogP contribution in [0.25, 0.3) is 0 Å². The zero-order chi connectivity index (χ0) is 11.1. The Kier molecular flexibility index (Phi) is 5.65. The van der Waals surface area contributed by atoms with Gasteiger partial charge in [0.25, 0.3) is 0 Å². The number of carbonyl (C=O) groups excluding carboxylic acids is 1. The Morgan fingerprint density at radius 2 is 2.27 bits per heavy atom. The van der Waals surface area contributed by atoms with Crippen LogP contribution in [0.15, 0.2) is 0 Å². The minimum Gasteiger partial charge on any atom is -0.354 e. The number of likely N-dealkylation sites (N-methyl/N-ethyl adjacent to an activating group) is 1. The fourth-order valence-electron chi connectivity index (χ4n) is 1.82. The number of rotatable bonds is 7. The van der Waals surface area contributed by atoms with E-state index in [1.807, 2.05) is 0 Å². The van der Waals surface area contributed by atoms with E-state index in [1.165, 1.54) is 19.3 Å². The van der Waals surface area contributed by atoms with Gasteiger partial charge in [-0.2, -0.15) is 0 Å². The largest absolute Gasteiger partial charge is 0.354 e. The molecule has 0 radical (unpaired) electrons. The van der Waals surface area contributed by atoms with Crippen LogP contribution in [0.5, 0.6) is 0 Å². The van der Waals surface area contributed by atoms with Crippen LogP contribution in [0.4, 0.5) is 0 Å². The van der Waals surface area contributed by atoms with Crippen molar-refractivity contribution in [3.05, 3.63) is 0 Å². The maximum Gasteiger partial charge on any atom is 0.234 e. The monoisotopic (exact) mass is 213 g/mol. The Balaban J connectivity index is 2.16. The summed E-state index contributed by atoms with van der Waals surface area (Å²) in [5.41, 5.74) is 5.32. The van der Waals surface area contributed by atoms with E-state index in [2.05, 4.69) is 17.1 Å². The molecule has 1 aliphatic carbocycles. The number of amides is 1. The highest BCUT2D eigenvalue weighted by Crippen LogP contribution is 2.26. The molecular weight excluding hydrogens is 190 g/mol. The quantitative estimate of drug-likeness (QED) is 0.634. The van der Waals surface area contributed by atoms with Gasteiger partial charge in [0.05, 0.1) is 6.54 Å². The zero-order valence-electron chi connectivity index (χ0n) is 9.67. The number of hydrogen-bond acceptors (Lipinski definition) is 3. The third kappa shape index (κ3) is 4.62. The van der Waals surface area contributed by atoms with Gasteiger partial charge in [-0.1, -0.05) is 13.3 Å². The van der Waals surface area contributed by atoms with Crippen molar-refractivity contribution in [2.24, 2.45) is 11.7 Å². The molecule has 0 saturated heterocycles. The summed E-state index contributed by atoms with van der Waals surface area (Å²) in [7, 11) is 0.